The van der Waals surface area contributed by atoms with Crippen molar-refractivity contribution < 1.29 is 9.26 Å². The average Bonchev–Trinajstić information content (AvgIpc) is 3.21. The van der Waals surface area contributed by atoms with E-state index in [1.165, 1.54) is 19.3 Å². The van der Waals surface area contributed by atoms with E-state index in [2.05, 4.69) is 17.1 Å². The second-order valence-electron chi connectivity index (χ2n) is 6.53. The summed E-state index contributed by atoms with van der Waals surface area (Å²) in [5, 5.41) is 4.20. The molecule has 0 spiro atoms. The summed E-state index contributed by atoms with van der Waals surface area (Å²) in [6.07, 6.45) is 9.67. The minimum Gasteiger partial charge on any atom is -0.374 e. The molecule has 5 nitrogen and oxygen atoms in total. The predicted molar refractivity (Wildman–Crippen MR) is 79.9 cm³/mol. The van der Waals surface area contributed by atoms with E-state index in [4.69, 9.17) is 15.0 Å². The van der Waals surface area contributed by atoms with Crippen molar-refractivity contribution in [1.29, 1.82) is 0 Å². The highest BCUT2D eigenvalue weighted by Crippen LogP contribution is 2.43. The van der Waals surface area contributed by atoms with E-state index < -0.39 is 0 Å². The van der Waals surface area contributed by atoms with Crippen LogP contribution in [-0.4, -0.2) is 28.9 Å². The maximum absolute atomic E-state index is 5.88. The highest BCUT2D eigenvalue weighted by atomic mass is 16.5. The molecule has 3 heterocycles. The third-order valence-electron chi connectivity index (χ3n) is 4.96. The van der Waals surface area contributed by atoms with Gasteiger partial charge in [-0.3, -0.25) is 0 Å². The fourth-order valence-corrected chi connectivity index (χ4v) is 3.83. The van der Waals surface area contributed by atoms with Crippen molar-refractivity contribution in [1.82, 2.24) is 10.1 Å². The van der Waals surface area contributed by atoms with Crippen molar-refractivity contribution in [3.8, 4) is 0 Å². The molecule has 3 rings (SSSR count). The molecule has 0 amide bonds. The number of hydrogen-bond acceptors (Lipinski definition) is 5. The average molecular weight is 293 g/mol. The molecule has 2 fully saturated rings. The van der Waals surface area contributed by atoms with Crippen LogP contribution in [0.25, 0.3) is 0 Å². The van der Waals surface area contributed by atoms with Crippen LogP contribution in [0.4, 0.5) is 0 Å². The first-order valence-corrected chi connectivity index (χ1v) is 8.48. The van der Waals surface area contributed by atoms with Crippen LogP contribution in [0.3, 0.4) is 0 Å². The molecule has 0 aliphatic carbocycles. The summed E-state index contributed by atoms with van der Waals surface area (Å²) in [6.45, 7) is 2.99. The molecule has 4 atom stereocenters. The molecule has 2 bridgehead atoms. The van der Waals surface area contributed by atoms with E-state index in [1.54, 1.807) is 0 Å². The first-order chi connectivity index (χ1) is 10.3. The van der Waals surface area contributed by atoms with Crippen LogP contribution in [-0.2, 0) is 11.2 Å². The monoisotopic (exact) mass is 293 g/mol. The number of hydrogen-bond donors (Lipinski definition) is 1. The zero-order valence-electron chi connectivity index (χ0n) is 13.0. The molecule has 0 radical (unpaired) electrons. The lowest BCUT2D eigenvalue weighted by atomic mass is 9.89. The topological polar surface area (TPSA) is 74.2 Å². The van der Waals surface area contributed by atoms with Crippen LogP contribution in [0.15, 0.2) is 4.52 Å². The Morgan fingerprint density at radius 2 is 2.19 bits per heavy atom. The normalized spacial score (nSPS) is 29.1. The van der Waals surface area contributed by atoms with Crippen LogP contribution < -0.4 is 5.73 Å². The van der Waals surface area contributed by atoms with E-state index in [-0.39, 0.29) is 0 Å². The summed E-state index contributed by atoms with van der Waals surface area (Å²) >= 11 is 0. The van der Waals surface area contributed by atoms with E-state index in [9.17, 15) is 0 Å². The van der Waals surface area contributed by atoms with Gasteiger partial charge in [0.2, 0.25) is 5.89 Å². The van der Waals surface area contributed by atoms with E-state index in [1.807, 2.05) is 0 Å². The lowest BCUT2D eigenvalue weighted by molar-refractivity contribution is 0.0996. The molecule has 4 unspecified atom stereocenters. The fraction of sp³-hybridized carbons (Fsp3) is 0.875. The van der Waals surface area contributed by atoms with Gasteiger partial charge in [-0.2, -0.15) is 4.98 Å². The maximum Gasteiger partial charge on any atom is 0.226 e. The van der Waals surface area contributed by atoms with Gasteiger partial charge >= 0.3 is 0 Å². The SMILES string of the molecule is CCCC(CCN)CCc1nc(C2CC3CCC2O3)no1. The second kappa shape index (κ2) is 6.88. The fourth-order valence-electron chi connectivity index (χ4n) is 3.83. The van der Waals surface area contributed by atoms with Gasteiger partial charge in [-0.1, -0.05) is 24.9 Å². The Labute approximate surface area is 126 Å². The molecule has 2 N–H and O–H groups in total. The number of fused-ring (bicyclic) bond motifs is 2. The van der Waals surface area contributed by atoms with Crippen molar-refractivity contribution in [2.24, 2.45) is 11.7 Å². The highest BCUT2D eigenvalue weighted by molar-refractivity contribution is 5.06. The molecule has 118 valence electrons. The smallest absolute Gasteiger partial charge is 0.226 e. The minimum atomic E-state index is 0.325. The summed E-state index contributed by atoms with van der Waals surface area (Å²) in [7, 11) is 0. The third kappa shape index (κ3) is 3.46. The minimum absolute atomic E-state index is 0.325. The van der Waals surface area contributed by atoms with Crippen LogP contribution in [0, 0.1) is 5.92 Å². The molecule has 5 heteroatoms. The first-order valence-electron chi connectivity index (χ1n) is 8.48. The Bertz CT molecular complexity index is 442. The lowest BCUT2D eigenvalue weighted by Crippen LogP contribution is -2.15. The zero-order chi connectivity index (χ0) is 14.7. The number of ether oxygens (including phenoxy) is 1. The molecule has 2 saturated heterocycles. The van der Waals surface area contributed by atoms with Gasteiger partial charge in [0, 0.05) is 6.42 Å². The molecular weight excluding hydrogens is 266 g/mol. The van der Waals surface area contributed by atoms with Gasteiger partial charge in [-0.15, -0.1) is 0 Å². The molecule has 21 heavy (non-hydrogen) atoms. The summed E-state index contributed by atoms with van der Waals surface area (Å²) in [6, 6.07) is 0. The van der Waals surface area contributed by atoms with Gasteiger partial charge < -0.3 is 15.0 Å². The second-order valence-corrected chi connectivity index (χ2v) is 6.53. The maximum atomic E-state index is 5.88. The largest absolute Gasteiger partial charge is 0.374 e. The van der Waals surface area contributed by atoms with E-state index in [0.717, 1.165) is 50.4 Å². The Morgan fingerprint density at radius 1 is 1.29 bits per heavy atom. The Morgan fingerprint density at radius 3 is 2.86 bits per heavy atom. The van der Waals surface area contributed by atoms with Gasteiger partial charge in [-0.25, -0.2) is 0 Å². The molecular formula is C16H27N3O2. The molecule has 1 aromatic rings. The summed E-state index contributed by atoms with van der Waals surface area (Å²) in [5.74, 6) is 2.69. The Balaban J connectivity index is 1.53. The van der Waals surface area contributed by atoms with Gasteiger partial charge in [0.25, 0.3) is 0 Å². The van der Waals surface area contributed by atoms with Crippen LogP contribution in [0.2, 0.25) is 0 Å². The third-order valence-corrected chi connectivity index (χ3v) is 4.96. The van der Waals surface area contributed by atoms with Crippen LogP contribution in [0.5, 0.6) is 0 Å². The highest BCUT2D eigenvalue weighted by Gasteiger charge is 2.43. The van der Waals surface area contributed by atoms with Crippen molar-refractivity contribution in [2.45, 2.75) is 76.4 Å². The molecule has 1 aromatic heterocycles. The summed E-state index contributed by atoms with van der Waals surface area (Å²) in [4.78, 5) is 4.61. The van der Waals surface area contributed by atoms with Crippen LogP contribution in [0.1, 0.15) is 69.5 Å². The Kier molecular flexibility index (Phi) is 4.91. The number of rotatable bonds is 8. The first kappa shape index (κ1) is 15.0. The van der Waals surface area contributed by atoms with Gasteiger partial charge in [0.05, 0.1) is 18.1 Å². The van der Waals surface area contributed by atoms with Crippen LogP contribution >= 0.6 is 0 Å². The van der Waals surface area contributed by atoms with Gasteiger partial charge in [-0.05, 0) is 44.6 Å². The standard InChI is InChI=1S/C16H27N3O2/c1-2-3-11(8-9-17)4-7-15-18-16(19-21-15)13-10-12-5-6-14(13)20-12/h11-14H,2-10,17H2,1H3. The van der Waals surface area contributed by atoms with E-state index in [0.29, 0.717) is 24.0 Å². The predicted octanol–water partition coefficient (Wildman–Crippen LogP) is 2.80. The van der Waals surface area contributed by atoms with Crippen molar-refractivity contribution in [3.63, 3.8) is 0 Å². The van der Waals surface area contributed by atoms with Crippen molar-refractivity contribution in [2.75, 3.05) is 6.54 Å². The van der Waals surface area contributed by atoms with Gasteiger partial charge in [0.1, 0.15) is 0 Å². The van der Waals surface area contributed by atoms with Crippen molar-refractivity contribution in [3.05, 3.63) is 11.7 Å². The Hall–Kier alpha value is -0.940. The summed E-state index contributed by atoms with van der Waals surface area (Å²) in [5.41, 5.74) is 5.68. The van der Waals surface area contributed by atoms with Gasteiger partial charge in [0.15, 0.2) is 5.82 Å². The molecule has 2 aliphatic rings. The number of aromatic nitrogens is 2. The number of aryl methyl sites for hydroxylation is 1. The quantitative estimate of drug-likeness (QED) is 0.797. The summed E-state index contributed by atoms with van der Waals surface area (Å²) < 4.78 is 11.3. The lowest BCUT2D eigenvalue weighted by Gasteiger charge is -2.14. The van der Waals surface area contributed by atoms with Crippen molar-refractivity contribution >= 4 is 0 Å². The molecule has 2 aliphatic heterocycles. The number of nitrogens with two attached hydrogens (primary N) is 1. The zero-order valence-corrected chi connectivity index (χ0v) is 13.0. The number of nitrogens with zero attached hydrogens (tertiary/aromatic N) is 2. The molecule has 0 saturated carbocycles. The van der Waals surface area contributed by atoms with E-state index >= 15 is 0 Å². The molecule has 0 aromatic carbocycles.